The zero-order valence-electron chi connectivity index (χ0n) is 17.6. The number of morpholine rings is 1. The van der Waals surface area contributed by atoms with Gasteiger partial charge < -0.3 is 9.64 Å². The number of nitrogens with zero attached hydrogens (tertiary/aromatic N) is 5. The van der Waals surface area contributed by atoms with Crippen LogP contribution in [0.3, 0.4) is 0 Å². The molecule has 156 valence electrons. The Hall–Kier alpha value is -3.51. The number of ether oxygens (including phenoxy) is 1. The number of anilines is 1. The smallest absolute Gasteiger partial charge is 0.165 e. The Morgan fingerprint density at radius 2 is 1.87 bits per heavy atom. The largest absolute Gasteiger partial charge is 0.378 e. The molecule has 0 spiro atoms. The highest BCUT2D eigenvalue weighted by atomic mass is 16.5. The molecule has 0 amide bonds. The second-order valence-electron chi connectivity index (χ2n) is 7.75. The van der Waals surface area contributed by atoms with Crippen LogP contribution in [-0.2, 0) is 11.3 Å². The average Bonchev–Trinajstić information content (AvgIpc) is 3.24. The molecule has 0 bridgehead atoms. The van der Waals surface area contributed by atoms with E-state index in [1.807, 2.05) is 35.1 Å². The van der Waals surface area contributed by atoms with E-state index in [-0.39, 0.29) is 0 Å². The van der Waals surface area contributed by atoms with Crippen molar-refractivity contribution in [2.24, 2.45) is 4.99 Å². The maximum atomic E-state index is 5.55. The fourth-order valence-corrected chi connectivity index (χ4v) is 3.91. The normalized spacial score (nSPS) is 14.5. The molecule has 4 aromatic rings. The molecule has 0 aliphatic carbocycles. The molecule has 0 unspecified atom stereocenters. The summed E-state index contributed by atoms with van der Waals surface area (Å²) in [6, 6.07) is 20.7. The van der Waals surface area contributed by atoms with Crippen molar-refractivity contribution in [2.45, 2.75) is 13.5 Å². The summed E-state index contributed by atoms with van der Waals surface area (Å²) in [7, 11) is 0. The van der Waals surface area contributed by atoms with Gasteiger partial charge in [0, 0.05) is 30.9 Å². The molecule has 0 saturated carbocycles. The van der Waals surface area contributed by atoms with Crippen molar-refractivity contribution >= 4 is 17.7 Å². The zero-order chi connectivity index (χ0) is 21.0. The second kappa shape index (κ2) is 8.70. The lowest BCUT2D eigenvalue weighted by atomic mass is 10.1. The van der Waals surface area contributed by atoms with Crippen molar-refractivity contribution in [1.29, 1.82) is 0 Å². The summed E-state index contributed by atoms with van der Waals surface area (Å²) < 4.78 is 7.50. The van der Waals surface area contributed by atoms with E-state index in [9.17, 15) is 0 Å². The topological polar surface area (TPSA) is 55.0 Å². The van der Waals surface area contributed by atoms with Gasteiger partial charge in [0.05, 0.1) is 31.6 Å². The molecule has 2 aromatic heterocycles. The molecule has 5 rings (SSSR count). The van der Waals surface area contributed by atoms with Gasteiger partial charge >= 0.3 is 0 Å². The number of aliphatic imine (C=N–C) groups is 1. The molecule has 31 heavy (non-hydrogen) atoms. The molecular weight excluding hydrogens is 386 g/mol. The molecule has 3 heterocycles. The van der Waals surface area contributed by atoms with Crippen LogP contribution in [0.5, 0.6) is 0 Å². The van der Waals surface area contributed by atoms with E-state index in [0.717, 1.165) is 60.2 Å². The van der Waals surface area contributed by atoms with Crippen LogP contribution in [0.25, 0.3) is 16.8 Å². The van der Waals surface area contributed by atoms with Gasteiger partial charge in [-0.1, -0.05) is 60.2 Å². The van der Waals surface area contributed by atoms with Crippen LogP contribution in [0.1, 0.15) is 16.8 Å². The molecule has 1 aliphatic rings. The maximum Gasteiger partial charge on any atom is 0.165 e. The van der Waals surface area contributed by atoms with Gasteiger partial charge in [-0.15, -0.1) is 0 Å². The summed E-state index contributed by atoms with van der Waals surface area (Å²) in [6.07, 6.45) is 3.82. The van der Waals surface area contributed by atoms with E-state index < -0.39 is 0 Å². The molecule has 1 aliphatic heterocycles. The van der Waals surface area contributed by atoms with E-state index in [0.29, 0.717) is 6.54 Å². The minimum Gasteiger partial charge on any atom is -0.378 e. The predicted octanol–water partition coefficient (Wildman–Crippen LogP) is 4.16. The third kappa shape index (κ3) is 4.20. The third-order valence-electron chi connectivity index (χ3n) is 5.46. The summed E-state index contributed by atoms with van der Waals surface area (Å²) in [5.74, 6) is 1.04. The van der Waals surface area contributed by atoms with Crippen molar-refractivity contribution < 1.29 is 4.74 Å². The Balaban J connectivity index is 1.54. The summed E-state index contributed by atoms with van der Waals surface area (Å²) >= 11 is 0. The molecule has 6 heteroatoms. The number of aromatic nitrogens is 3. The Morgan fingerprint density at radius 1 is 1.03 bits per heavy atom. The third-order valence-corrected chi connectivity index (χ3v) is 5.46. The van der Waals surface area contributed by atoms with Crippen LogP contribution in [0.4, 0.5) is 5.82 Å². The van der Waals surface area contributed by atoms with Gasteiger partial charge in [0.25, 0.3) is 0 Å². The number of hydrogen-bond donors (Lipinski definition) is 0. The first-order valence-electron chi connectivity index (χ1n) is 10.6. The Kier molecular flexibility index (Phi) is 5.46. The van der Waals surface area contributed by atoms with Crippen LogP contribution in [0.2, 0.25) is 0 Å². The van der Waals surface area contributed by atoms with Gasteiger partial charge in [-0.2, -0.15) is 9.61 Å². The van der Waals surface area contributed by atoms with Crippen molar-refractivity contribution in [2.75, 3.05) is 31.2 Å². The van der Waals surface area contributed by atoms with E-state index in [4.69, 9.17) is 9.72 Å². The molecule has 1 fully saturated rings. The summed E-state index contributed by atoms with van der Waals surface area (Å²) in [5, 5.41) is 4.68. The number of hydrogen-bond acceptors (Lipinski definition) is 5. The first-order valence-corrected chi connectivity index (χ1v) is 10.6. The van der Waals surface area contributed by atoms with E-state index in [1.54, 1.807) is 0 Å². The fourth-order valence-electron chi connectivity index (χ4n) is 3.91. The SMILES string of the molecule is Cc1cccc(C=NCc2cc(N3CCOCC3)n3ncc(-c4ccccc4)c3n2)c1. The molecule has 6 nitrogen and oxygen atoms in total. The average molecular weight is 412 g/mol. The lowest BCUT2D eigenvalue weighted by Gasteiger charge is -2.29. The Labute approximate surface area is 181 Å². The maximum absolute atomic E-state index is 5.55. The number of benzene rings is 2. The first-order chi connectivity index (χ1) is 15.3. The van der Waals surface area contributed by atoms with Gasteiger partial charge in [-0.3, -0.25) is 4.99 Å². The lowest BCUT2D eigenvalue weighted by molar-refractivity contribution is 0.122. The van der Waals surface area contributed by atoms with Crippen LogP contribution >= 0.6 is 0 Å². The predicted molar refractivity (Wildman–Crippen MR) is 124 cm³/mol. The molecule has 0 N–H and O–H groups in total. The number of rotatable bonds is 5. The molecule has 0 radical (unpaired) electrons. The Morgan fingerprint density at radius 3 is 2.68 bits per heavy atom. The number of fused-ring (bicyclic) bond motifs is 1. The minimum absolute atomic E-state index is 0.515. The van der Waals surface area contributed by atoms with Gasteiger partial charge in [0.15, 0.2) is 5.65 Å². The Bertz CT molecular complexity index is 1210. The van der Waals surface area contributed by atoms with Gasteiger partial charge in [0.2, 0.25) is 0 Å². The highest BCUT2D eigenvalue weighted by molar-refractivity contribution is 5.80. The summed E-state index contributed by atoms with van der Waals surface area (Å²) in [6.45, 7) is 5.72. The van der Waals surface area contributed by atoms with Crippen molar-refractivity contribution in [3.63, 3.8) is 0 Å². The summed E-state index contributed by atoms with van der Waals surface area (Å²) in [5.41, 5.74) is 6.25. The second-order valence-corrected chi connectivity index (χ2v) is 7.75. The molecular formula is C25H25N5O. The van der Waals surface area contributed by atoms with E-state index in [1.165, 1.54) is 5.56 Å². The van der Waals surface area contributed by atoms with E-state index >= 15 is 0 Å². The zero-order valence-corrected chi connectivity index (χ0v) is 17.6. The fraction of sp³-hybridized carbons (Fsp3) is 0.240. The van der Waals surface area contributed by atoms with Crippen molar-refractivity contribution in [3.05, 3.63) is 83.7 Å². The first kappa shape index (κ1) is 19.5. The molecule has 2 aromatic carbocycles. The van der Waals surface area contributed by atoms with Gasteiger partial charge in [-0.25, -0.2) is 4.98 Å². The molecule has 0 atom stereocenters. The van der Waals surface area contributed by atoms with Crippen LogP contribution in [-0.4, -0.2) is 47.1 Å². The lowest BCUT2D eigenvalue weighted by Crippen LogP contribution is -2.37. The van der Waals surface area contributed by atoms with E-state index in [2.05, 4.69) is 64.4 Å². The monoisotopic (exact) mass is 411 g/mol. The number of aryl methyl sites for hydroxylation is 1. The van der Waals surface area contributed by atoms with Crippen molar-refractivity contribution in [3.8, 4) is 11.1 Å². The highest BCUT2D eigenvalue weighted by Crippen LogP contribution is 2.27. The summed E-state index contributed by atoms with van der Waals surface area (Å²) in [4.78, 5) is 11.9. The van der Waals surface area contributed by atoms with Crippen LogP contribution in [0.15, 0.2) is 71.9 Å². The minimum atomic E-state index is 0.515. The van der Waals surface area contributed by atoms with Gasteiger partial charge in [-0.05, 0) is 18.1 Å². The standard InChI is InChI=1S/C25H25N5O/c1-19-6-5-7-20(14-19)16-26-17-22-15-24(29-10-12-31-13-11-29)30-25(28-22)23(18-27-30)21-8-3-2-4-9-21/h2-9,14-16,18H,10-13,17H2,1H3. The van der Waals surface area contributed by atoms with Gasteiger partial charge in [0.1, 0.15) is 5.82 Å². The quantitative estimate of drug-likeness (QED) is 0.463. The van der Waals surface area contributed by atoms with Crippen LogP contribution in [0, 0.1) is 6.92 Å². The molecule has 1 saturated heterocycles. The van der Waals surface area contributed by atoms with Crippen molar-refractivity contribution in [1.82, 2.24) is 14.6 Å². The highest BCUT2D eigenvalue weighted by Gasteiger charge is 2.19. The van der Waals surface area contributed by atoms with Crippen LogP contribution < -0.4 is 4.90 Å².